The number of carbonyl (C=O) groups excluding carboxylic acids is 1. The SMILES string of the molecule is O=C1CS(=O)(=O)C(c2ccc(Oc3ccccc3)cc2)N1c1ccc(Cl)cc1. The second-order valence-electron chi connectivity index (χ2n) is 6.38. The molecule has 142 valence electrons. The predicted molar refractivity (Wildman–Crippen MR) is 108 cm³/mol. The fourth-order valence-corrected chi connectivity index (χ4v) is 5.07. The Morgan fingerprint density at radius 2 is 1.46 bits per heavy atom. The molecule has 0 aromatic heterocycles. The topological polar surface area (TPSA) is 63.7 Å². The van der Waals surface area contributed by atoms with Crippen molar-refractivity contribution in [2.75, 3.05) is 10.7 Å². The van der Waals surface area contributed by atoms with Crippen LogP contribution in [0, 0.1) is 0 Å². The van der Waals surface area contributed by atoms with Crippen molar-refractivity contribution in [1.29, 1.82) is 0 Å². The van der Waals surface area contributed by atoms with Crippen LogP contribution in [0.2, 0.25) is 5.02 Å². The summed E-state index contributed by atoms with van der Waals surface area (Å²) in [6.07, 6.45) is 0. The van der Waals surface area contributed by atoms with E-state index in [4.69, 9.17) is 16.3 Å². The second-order valence-corrected chi connectivity index (χ2v) is 8.88. The van der Waals surface area contributed by atoms with Crippen molar-refractivity contribution in [3.63, 3.8) is 0 Å². The van der Waals surface area contributed by atoms with Gasteiger partial charge in [-0.3, -0.25) is 9.69 Å². The summed E-state index contributed by atoms with van der Waals surface area (Å²) in [5, 5.41) is -0.566. The number of halogens is 1. The van der Waals surface area contributed by atoms with Crippen LogP contribution >= 0.6 is 11.6 Å². The zero-order chi connectivity index (χ0) is 19.7. The van der Waals surface area contributed by atoms with Crippen LogP contribution in [-0.4, -0.2) is 20.1 Å². The highest BCUT2D eigenvalue weighted by Gasteiger charge is 2.45. The molecule has 0 bridgehead atoms. The zero-order valence-electron chi connectivity index (χ0n) is 14.7. The van der Waals surface area contributed by atoms with Crippen molar-refractivity contribution in [2.24, 2.45) is 0 Å². The molecule has 1 heterocycles. The van der Waals surface area contributed by atoms with Gasteiger partial charge in [0.1, 0.15) is 17.3 Å². The molecule has 28 heavy (non-hydrogen) atoms. The largest absolute Gasteiger partial charge is 0.457 e. The number of benzene rings is 3. The Bertz CT molecular complexity index is 1100. The summed E-state index contributed by atoms with van der Waals surface area (Å²) in [4.78, 5) is 13.8. The molecule has 0 aliphatic carbocycles. The van der Waals surface area contributed by atoms with E-state index < -0.39 is 26.9 Å². The Balaban J connectivity index is 1.66. The van der Waals surface area contributed by atoms with Gasteiger partial charge < -0.3 is 4.74 Å². The van der Waals surface area contributed by atoms with E-state index in [1.54, 1.807) is 48.5 Å². The van der Waals surface area contributed by atoms with Crippen molar-refractivity contribution < 1.29 is 17.9 Å². The van der Waals surface area contributed by atoms with Crippen molar-refractivity contribution >= 4 is 33.0 Å². The molecule has 0 saturated carbocycles. The summed E-state index contributed by atoms with van der Waals surface area (Å²) < 4.78 is 31.1. The van der Waals surface area contributed by atoms with E-state index in [0.717, 1.165) is 0 Å². The van der Waals surface area contributed by atoms with Gasteiger partial charge in [0, 0.05) is 10.7 Å². The van der Waals surface area contributed by atoms with Gasteiger partial charge in [0.15, 0.2) is 15.2 Å². The summed E-state index contributed by atoms with van der Waals surface area (Å²) in [5.41, 5.74) is 0.992. The third-order valence-corrected chi connectivity index (χ3v) is 6.48. The minimum Gasteiger partial charge on any atom is -0.457 e. The monoisotopic (exact) mass is 413 g/mol. The Morgan fingerprint density at radius 3 is 2.11 bits per heavy atom. The first-order chi connectivity index (χ1) is 13.4. The molecular formula is C21H16ClNO4S. The molecule has 5 nitrogen and oxygen atoms in total. The van der Waals surface area contributed by atoms with Gasteiger partial charge >= 0.3 is 0 Å². The summed E-state index contributed by atoms with van der Waals surface area (Å²) in [6.45, 7) is 0. The third kappa shape index (κ3) is 3.61. The van der Waals surface area contributed by atoms with Gasteiger partial charge in [-0.05, 0) is 54.1 Å². The number of anilines is 1. The highest BCUT2D eigenvalue weighted by atomic mass is 35.5. The first-order valence-corrected chi connectivity index (χ1v) is 10.7. The van der Waals surface area contributed by atoms with Gasteiger partial charge in [0.25, 0.3) is 0 Å². The average molecular weight is 414 g/mol. The van der Waals surface area contributed by atoms with Crippen LogP contribution in [0.25, 0.3) is 0 Å². The number of hydrogen-bond acceptors (Lipinski definition) is 4. The smallest absolute Gasteiger partial charge is 0.243 e. The molecule has 1 saturated heterocycles. The molecule has 0 spiro atoms. The first kappa shape index (κ1) is 18.5. The molecule has 1 unspecified atom stereocenters. The number of para-hydroxylation sites is 1. The number of carbonyl (C=O) groups is 1. The molecule has 3 aromatic rings. The number of nitrogens with zero attached hydrogens (tertiary/aromatic N) is 1. The van der Waals surface area contributed by atoms with E-state index in [-0.39, 0.29) is 0 Å². The fourth-order valence-electron chi connectivity index (χ4n) is 3.17. The van der Waals surface area contributed by atoms with E-state index in [2.05, 4.69) is 0 Å². The summed E-state index contributed by atoms with van der Waals surface area (Å²) in [7, 11) is -3.67. The van der Waals surface area contributed by atoms with Crippen molar-refractivity contribution in [2.45, 2.75) is 5.37 Å². The number of rotatable bonds is 4. The van der Waals surface area contributed by atoms with Gasteiger partial charge in [-0.1, -0.05) is 41.9 Å². The maximum atomic E-state index is 12.7. The Labute approximate surface area is 168 Å². The van der Waals surface area contributed by atoms with Crippen LogP contribution in [0.4, 0.5) is 5.69 Å². The lowest BCUT2D eigenvalue weighted by Crippen LogP contribution is -2.29. The lowest BCUT2D eigenvalue weighted by atomic mass is 10.1. The standard InChI is InChI=1S/C21H16ClNO4S/c22-16-8-10-17(11-9-16)23-20(24)14-28(25,26)21(23)15-6-12-19(13-7-15)27-18-4-2-1-3-5-18/h1-13,21H,14H2. The van der Waals surface area contributed by atoms with Crippen LogP contribution in [0.1, 0.15) is 10.9 Å². The molecule has 0 radical (unpaired) electrons. The molecule has 7 heteroatoms. The molecule has 1 amide bonds. The Hall–Kier alpha value is -2.83. The highest BCUT2D eigenvalue weighted by Crippen LogP contribution is 2.38. The van der Waals surface area contributed by atoms with Crippen LogP contribution in [0.5, 0.6) is 11.5 Å². The predicted octanol–water partition coefficient (Wildman–Crippen LogP) is 4.59. The summed E-state index contributed by atoms with van der Waals surface area (Å²) in [6, 6.07) is 22.5. The number of hydrogen-bond donors (Lipinski definition) is 0. The van der Waals surface area contributed by atoms with E-state index in [9.17, 15) is 13.2 Å². The molecule has 1 aliphatic heterocycles. The number of sulfone groups is 1. The van der Waals surface area contributed by atoms with Crippen LogP contribution in [-0.2, 0) is 14.6 Å². The van der Waals surface area contributed by atoms with Crippen molar-refractivity contribution in [1.82, 2.24) is 0 Å². The normalized spacial score (nSPS) is 18.2. The first-order valence-electron chi connectivity index (χ1n) is 8.56. The maximum Gasteiger partial charge on any atom is 0.243 e. The third-order valence-electron chi connectivity index (χ3n) is 4.42. The second kappa shape index (κ2) is 7.30. The quantitative estimate of drug-likeness (QED) is 0.627. The van der Waals surface area contributed by atoms with E-state index in [1.807, 2.05) is 30.3 Å². The van der Waals surface area contributed by atoms with Crippen LogP contribution in [0.3, 0.4) is 0 Å². The molecule has 4 rings (SSSR count). The lowest BCUT2D eigenvalue weighted by molar-refractivity contribution is -0.115. The Morgan fingerprint density at radius 1 is 0.857 bits per heavy atom. The molecule has 3 aromatic carbocycles. The van der Waals surface area contributed by atoms with Gasteiger partial charge in [-0.15, -0.1) is 0 Å². The van der Waals surface area contributed by atoms with E-state index >= 15 is 0 Å². The van der Waals surface area contributed by atoms with Gasteiger partial charge in [0.05, 0.1) is 0 Å². The van der Waals surface area contributed by atoms with Gasteiger partial charge in [-0.2, -0.15) is 0 Å². The van der Waals surface area contributed by atoms with Crippen LogP contribution < -0.4 is 9.64 Å². The summed E-state index contributed by atoms with van der Waals surface area (Å²) in [5.74, 6) is 0.274. The lowest BCUT2D eigenvalue weighted by Gasteiger charge is -2.24. The minimum absolute atomic E-state index is 0.461. The summed E-state index contributed by atoms with van der Waals surface area (Å²) >= 11 is 5.91. The average Bonchev–Trinajstić information content (AvgIpc) is 2.92. The van der Waals surface area contributed by atoms with E-state index in [0.29, 0.717) is 27.8 Å². The fraction of sp³-hybridized carbons (Fsp3) is 0.0952. The molecule has 1 fully saturated rings. The molecule has 1 aliphatic rings. The minimum atomic E-state index is -3.67. The zero-order valence-corrected chi connectivity index (χ0v) is 16.2. The highest BCUT2D eigenvalue weighted by molar-refractivity contribution is 7.93. The Kier molecular flexibility index (Phi) is 4.83. The van der Waals surface area contributed by atoms with Crippen LogP contribution in [0.15, 0.2) is 78.9 Å². The maximum absolute atomic E-state index is 12.7. The molecule has 0 N–H and O–H groups in total. The number of ether oxygens (including phenoxy) is 1. The molecule has 1 atom stereocenters. The number of amides is 1. The van der Waals surface area contributed by atoms with Gasteiger partial charge in [-0.25, -0.2) is 8.42 Å². The van der Waals surface area contributed by atoms with Gasteiger partial charge in [0.2, 0.25) is 5.91 Å². The molecular weight excluding hydrogens is 398 g/mol. The van der Waals surface area contributed by atoms with E-state index in [1.165, 1.54) is 4.90 Å². The van der Waals surface area contributed by atoms with Crippen molar-refractivity contribution in [3.05, 3.63) is 89.4 Å². The van der Waals surface area contributed by atoms with Crippen molar-refractivity contribution in [3.8, 4) is 11.5 Å².